The summed E-state index contributed by atoms with van der Waals surface area (Å²) in [5.74, 6) is 1.38. The second-order valence-electron chi connectivity index (χ2n) is 5.66. The highest BCUT2D eigenvalue weighted by Gasteiger charge is 2.17. The molecule has 25 heavy (non-hydrogen) atoms. The molecule has 2 aromatic carbocycles. The first-order valence-corrected chi connectivity index (χ1v) is 7.87. The molecule has 3 rings (SSSR count). The van der Waals surface area contributed by atoms with E-state index in [0.29, 0.717) is 5.82 Å². The zero-order chi connectivity index (χ0) is 17.8. The SMILES string of the molecule is COc1ccc(-c2noc(CC(=O)N(C)c3ccccc3C)n2)cc1. The Balaban J connectivity index is 1.72. The molecule has 1 amide bonds. The molecule has 6 nitrogen and oxygen atoms in total. The number of carbonyl (C=O) groups excluding carboxylic acids is 1. The third-order valence-corrected chi connectivity index (χ3v) is 3.97. The minimum Gasteiger partial charge on any atom is -0.497 e. The van der Waals surface area contributed by atoms with Gasteiger partial charge >= 0.3 is 0 Å². The summed E-state index contributed by atoms with van der Waals surface area (Å²) in [5, 5.41) is 3.95. The van der Waals surface area contributed by atoms with Crippen LogP contribution in [0.3, 0.4) is 0 Å². The standard InChI is InChI=1S/C19H19N3O3/c1-13-6-4-5-7-16(13)22(2)18(23)12-17-20-19(21-25-17)14-8-10-15(24-3)11-9-14/h4-11H,12H2,1-3H3. The van der Waals surface area contributed by atoms with Crippen LogP contribution in [0.1, 0.15) is 11.5 Å². The van der Waals surface area contributed by atoms with Crippen LogP contribution in [-0.2, 0) is 11.2 Å². The van der Waals surface area contributed by atoms with E-state index in [4.69, 9.17) is 9.26 Å². The highest BCUT2D eigenvalue weighted by atomic mass is 16.5. The molecule has 1 aromatic heterocycles. The van der Waals surface area contributed by atoms with E-state index in [2.05, 4.69) is 10.1 Å². The van der Waals surface area contributed by atoms with Crippen molar-refractivity contribution in [2.75, 3.05) is 19.1 Å². The smallest absolute Gasteiger partial charge is 0.236 e. The lowest BCUT2D eigenvalue weighted by Crippen LogP contribution is -2.28. The van der Waals surface area contributed by atoms with Gasteiger partial charge in [0, 0.05) is 18.3 Å². The molecule has 1 heterocycles. The summed E-state index contributed by atoms with van der Waals surface area (Å²) >= 11 is 0. The number of aryl methyl sites for hydroxylation is 1. The summed E-state index contributed by atoms with van der Waals surface area (Å²) in [6, 6.07) is 15.0. The Morgan fingerprint density at radius 3 is 2.56 bits per heavy atom. The topological polar surface area (TPSA) is 68.5 Å². The Morgan fingerprint density at radius 2 is 1.88 bits per heavy atom. The summed E-state index contributed by atoms with van der Waals surface area (Å²) in [5.41, 5.74) is 2.70. The summed E-state index contributed by atoms with van der Waals surface area (Å²) in [4.78, 5) is 18.4. The number of carbonyl (C=O) groups is 1. The van der Waals surface area contributed by atoms with Crippen molar-refractivity contribution in [1.82, 2.24) is 10.1 Å². The van der Waals surface area contributed by atoms with Crippen molar-refractivity contribution >= 4 is 11.6 Å². The average Bonchev–Trinajstić information content (AvgIpc) is 3.10. The van der Waals surface area contributed by atoms with Crippen molar-refractivity contribution in [1.29, 1.82) is 0 Å². The van der Waals surface area contributed by atoms with Crippen LogP contribution < -0.4 is 9.64 Å². The van der Waals surface area contributed by atoms with Gasteiger partial charge < -0.3 is 14.2 Å². The van der Waals surface area contributed by atoms with Crippen LogP contribution >= 0.6 is 0 Å². The molecular weight excluding hydrogens is 318 g/mol. The zero-order valence-corrected chi connectivity index (χ0v) is 14.4. The number of hydrogen-bond acceptors (Lipinski definition) is 5. The first kappa shape index (κ1) is 16.7. The van der Waals surface area contributed by atoms with Gasteiger partial charge in [-0.1, -0.05) is 23.4 Å². The third kappa shape index (κ3) is 3.68. The van der Waals surface area contributed by atoms with Crippen molar-refractivity contribution in [3.63, 3.8) is 0 Å². The quantitative estimate of drug-likeness (QED) is 0.715. The Bertz CT molecular complexity index is 872. The average molecular weight is 337 g/mol. The van der Waals surface area contributed by atoms with Gasteiger partial charge in [0.2, 0.25) is 17.6 Å². The van der Waals surface area contributed by atoms with Gasteiger partial charge in [0.05, 0.1) is 7.11 Å². The van der Waals surface area contributed by atoms with E-state index >= 15 is 0 Å². The van der Waals surface area contributed by atoms with E-state index in [9.17, 15) is 4.79 Å². The van der Waals surface area contributed by atoms with Crippen molar-refractivity contribution in [2.24, 2.45) is 0 Å². The molecular formula is C19H19N3O3. The van der Waals surface area contributed by atoms with Crippen LogP contribution in [-0.4, -0.2) is 30.2 Å². The zero-order valence-electron chi connectivity index (χ0n) is 14.4. The van der Waals surface area contributed by atoms with Gasteiger partial charge in [0.15, 0.2) is 0 Å². The number of hydrogen-bond donors (Lipinski definition) is 0. The van der Waals surface area contributed by atoms with Crippen molar-refractivity contribution in [2.45, 2.75) is 13.3 Å². The van der Waals surface area contributed by atoms with E-state index in [-0.39, 0.29) is 18.2 Å². The normalized spacial score (nSPS) is 10.5. The number of likely N-dealkylation sites (N-methyl/N-ethyl adjacent to an activating group) is 1. The van der Waals surface area contributed by atoms with Gasteiger partial charge in [-0.25, -0.2) is 0 Å². The lowest BCUT2D eigenvalue weighted by molar-refractivity contribution is -0.118. The van der Waals surface area contributed by atoms with Crippen LogP contribution in [0.5, 0.6) is 5.75 Å². The van der Waals surface area contributed by atoms with Gasteiger partial charge in [-0.2, -0.15) is 4.98 Å². The molecule has 0 aliphatic carbocycles. The summed E-state index contributed by atoms with van der Waals surface area (Å²) in [7, 11) is 3.35. The van der Waals surface area contributed by atoms with Crippen LogP contribution in [0, 0.1) is 6.92 Å². The van der Waals surface area contributed by atoms with Gasteiger partial charge in [-0.05, 0) is 42.8 Å². The van der Waals surface area contributed by atoms with E-state index in [1.54, 1.807) is 19.1 Å². The molecule has 0 unspecified atom stereocenters. The predicted octanol–water partition coefficient (Wildman–Crippen LogP) is 3.26. The number of aromatic nitrogens is 2. The fraction of sp³-hybridized carbons (Fsp3) is 0.211. The fourth-order valence-electron chi connectivity index (χ4n) is 2.51. The Labute approximate surface area is 146 Å². The number of benzene rings is 2. The molecule has 6 heteroatoms. The van der Waals surface area contributed by atoms with Crippen molar-refractivity contribution < 1.29 is 14.1 Å². The second-order valence-corrected chi connectivity index (χ2v) is 5.66. The van der Waals surface area contributed by atoms with E-state index in [1.807, 2.05) is 55.5 Å². The van der Waals surface area contributed by atoms with Gasteiger partial charge in [0.1, 0.15) is 12.2 Å². The molecule has 0 atom stereocenters. The maximum absolute atomic E-state index is 12.5. The largest absolute Gasteiger partial charge is 0.497 e. The fourth-order valence-corrected chi connectivity index (χ4v) is 2.51. The van der Waals surface area contributed by atoms with Gasteiger partial charge in [0.25, 0.3) is 0 Å². The van der Waals surface area contributed by atoms with Crippen LogP contribution in [0.4, 0.5) is 5.69 Å². The second kappa shape index (κ2) is 7.17. The number of rotatable bonds is 5. The number of methoxy groups -OCH3 is 1. The number of amides is 1. The summed E-state index contributed by atoms with van der Waals surface area (Å²) in [6.07, 6.45) is 0.0496. The highest BCUT2D eigenvalue weighted by molar-refractivity contribution is 5.94. The van der Waals surface area contributed by atoms with E-state index in [1.165, 1.54) is 0 Å². The lowest BCUT2D eigenvalue weighted by Gasteiger charge is -2.18. The van der Waals surface area contributed by atoms with Gasteiger partial charge in [-0.3, -0.25) is 4.79 Å². The van der Waals surface area contributed by atoms with Crippen LogP contribution in [0.25, 0.3) is 11.4 Å². The van der Waals surface area contributed by atoms with Crippen LogP contribution in [0.15, 0.2) is 53.1 Å². The molecule has 3 aromatic rings. The maximum atomic E-state index is 12.5. The van der Waals surface area contributed by atoms with Crippen molar-refractivity contribution in [3.8, 4) is 17.1 Å². The molecule has 0 fully saturated rings. The molecule has 0 aliphatic heterocycles. The molecule has 0 spiro atoms. The predicted molar refractivity (Wildman–Crippen MR) is 94.6 cm³/mol. The Morgan fingerprint density at radius 1 is 1.16 bits per heavy atom. The van der Waals surface area contributed by atoms with Crippen LogP contribution in [0.2, 0.25) is 0 Å². The molecule has 0 saturated carbocycles. The third-order valence-electron chi connectivity index (χ3n) is 3.97. The minimum atomic E-state index is -0.112. The van der Waals surface area contributed by atoms with E-state index in [0.717, 1.165) is 22.6 Å². The summed E-state index contributed by atoms with van der Waals surface area (Å²) in [6.45, 7) is 1.97. The molecule has 0 N–H and O–H groups in total. The first-order valence-electron chi connectivity index (χ1n) is 7.87. The Kier molecular flexibility index (Phi) is 4.79. The lowest BCUT2D eigenvalue weighted by atomic mass is 10.2. The molecule has 0 saturated heterocycles. The molecule has 128 valence electrons. The summed E-state index contributed by atoms with van der Waals surface area (Å²) < 4.78 is 10.3. The first-order chi connectivity index (χ1) is 12.1. The number of para-hydroxylation sites is 1. The molecule has 0 radical (unpaired) electrons. The maximum Gasteiger partial charge on any atom is 0.236 e. The Hall–Kier alpha value is -3.15. The number of anilines is 1. The van der Waals surface area contributed by atoms with E-state index < -0.39 is 0 Å². The number of nitrogens with zero attached hydrogens (tertiary/aromatic N) is 3. The van der Waals surface area contributed by atoms with Gasteiger partial charge in [-0.15, -0.1) is 0 Å². The minimum absolute atomic E-state index is 0.0496. The number of ether oxygens (including phenoxy) is 1. The molecule has 0 aliphatic rings. The van der Waals surface area contributed by atoms with Crippen molar-refractivity contribution in [3.05, 3.63) is 60.0 Å². The monoisotopic (exact) mass is 337 g/mol. The molecule has 0 bridgehead atoms. The highest BCUT2D eigenvalue weighted by Crippen LogP contribution is 2.21.